The third-order valence-electron chi connectivity index (χ3n) is 3.95. The summed E-state index contributed by atoms with van der Waals surface area (Å²) in [6.45, 7) is 1.95. The molecule has 0 aliphatic rings. The fourth-order valence-corrected chi connectivity index (χ4v) is 2.80. The molecule has 3 aromatic carbocycles. The number of halogens is 1. The lowest BCUT2D eigenvalue weighted by atomic mass is 9.99. The molecule has 1 amide bonds. The summed E-state index contributed by atoms with van der Waals surface area (Å²) in [5.41, 5.74) is 4.58. The average Bonchev–Trinajstić information content (AvgIpc) is 2.59. The van der Waals surface area contributed by atoms with E-state index in [2.05, 4.69) is 17.4 Å². The molecule has 0 radical (unpaired) electrons. The maximum atomic E-state index is 12.7. The van der Waals surface area contributed by atoms with Gasteiger partial charge >= 0.3 is 0 Å². The Labute approximate surface area is 147 Å². The number of rotatable bonds is 4. The van der Waals surface area contributed by atoms with Gasteiger partial charge in [0.05, 0.1) is 0 Å². The van der Waals surface area contributed by atoms with Crippen LogP contribution in [0, 0.1) is 6.92 Å². The first-order valence-corrected chi connectivity index (χ1v) is 8.20. The molecule has 3 heteroatoms. The number of carbonyl (C=O) groups is 1. The van der Waals surface area contributed by atoms with E-state index in [0.717, 1.165) is 23.2 Å². The van der Waals surface area contributed by atoms with Gasteiger partial charge in [-0.05, 0) is 48.2 Å². The van der Waals surface area contributed by atoms with Crippen LogP contribution in [0.1, 0.15) is 27.0 Å². The summed E-state index contributed by atoms with van der Waals surface area (Å²) in [6, 6.07) is 23.3. The van der Waals surface area contributed by atoms with Gasteiger partial charge in [0, 0.05) is 16.3 Å². The Kier molecular flexibility index (Phi) is 4.97. The zero-order chi connectivity index (χ0) is 16.9. The highest BCUT2D eigenvalue weighted by atomic mass is 35.5. The highest BCUT2D eigenvalue weighted by molar-refractivity contribution is 6.31. The lowest BCUT2D eigenvalue weighted by Gasteiger charge is -2.12. The molecular weight excluding hydrogens is 318 g/mol. The van der Waals surface area contributed by atoms with E-state index in [1.165, 1.54) is 5.56 Å². The summed E-state index contributed by atoms with van der Waals surface area (Å²) in [4.78, 5) is 12.7. The summed E-state index contributed by atoms with van der Waals surface area (Å²) in [5, 5.41) is 3.58. The number of benzene rings is 3. The third-order valence-corrected chi connectivity index (χ3v) is 4.18. The monoisotopic (exact) mass is 335 g/mol. The van der Waals surface area contributed by atoms with Crippen molar-refractivity contribution in [3.8, 4) is 0 Å². The van der Waals surface area contributed by atoms with Gasteiger partial charge in [-0.25, -0.2) is 0 Å². The van der Waals surface area contributed by atoms with Gasteiger partial charge in [-0.1, -0.05) is 66.2 Å². The molecule has 0 spiro atoms. The van der Waals surface area contributed by atoms with Crippen LogP contribution in [-0.4, -0.2) is 5.91 Å². The van der Waals surface area contributed by atoms with Gasteiger partial charge in [-0.3, -0.25) is 4.79 Å². The molecule has 3 aromatic rings. The minimum atomic E-state index is -0.119. The smallest absolute Gasteiger partial charge is 0.255 e. The van der Waals surface area contributed by atoms with Crippen LogP contribution in [0.5, 0.6) is 0 Å². The Morgan fingerprint density at radius 2 is 1.67 bits per heavy atom. The Morgan fingerprint density at radius 1 is 0.958 bits per heavy atom. The van der Waals surface area contributed by atoms with E-state index in [0.29, 0.717) is 10.6 Å². The first kappa shape index (κ1) is 16.3. The highest BCUT2D eigenvalue weighted by Crippen LogP contribution is 2.22. The first-order valence-electron chi connectivity index (χ1n) is 7.83. The van der Waals surface area contributed by atoms with Crippen LogP contribution in [0.25, 0.3) is 0 Å². The molecule has 0 saturated carbocycles. The molecular formula is C21H18ClNO. The number of aryl methyl sites for hydroxylation is 1. The van der Waals surface area contributed by atoms with Gasteiger partial charge in [0.1, 0.15) is 0 Å². The fourth-order valence-electron chi connectivity index (χ4n) is 2.63. The van der Waals surface area contributed by atoms with Crippen LogP contribution in [0.2, 0.25) is 5.02 Å². The van der Waals surface area contributed by atoms with Crippen molar-refractivity contribution in [2.24, 2.45) is 0 Å². The first-order chi connectivity index (χ1) is 11.6. The number of anilines is 1. The molecule has 1 N–H and O–H groups in total. The molecule has 0 saturated heterocycles. The molecule has 0 atom stereocenters. The molecule has 3 rings (SSSR count). The van der Waals surface area contributed by atoms with Crippen molar-refractivity contribution < 1.29 is 4.79 Å². The predicted molar refractivity (Wildman–Crippen MR) is 99.8 cm³/mol. The van der Waals surface area contributed by atoms with E-state index in [1.54, 1.807) is 6.07 Å². The van der Waals surface area contributed by atoms with Crippen LogP contribution in [0.15, 0.2) is 72.8 Å². The quantitative estimate of drug-likeness (QED) is 0.671. The average molecular weight is 336 g/mol. The Balaban J connectivity index is 1.86. The lowest BCUT2D eigenvalue weighted by molar-refractivity contribution is 0.102. The lowest BCUT2D eigenvalue weighted by Crippen LogP contribution is -2.15. The van der Waals surface area contributed by atoms with Gasteiger partial charge in [-0.2, -0.15) is 0 Å². The second-order valence-electron chi connectivity index (χ2n) is 5.73. The SMILES string of the molecule is Cc1ccc(Cl)cc1NC(=O)c1ccccc1Cc1ccccc1. The largest absolute Gasteiger partial charge is 0.322 e. The molecule has 0 heterocycles. The minimum Gasteiger partial charge on any atom is -0.322 e. The van der Waals surface area contributed by atoms with E-state index < -0.39 is 0 Å². The topological polar surface area (TPSA) is 29.1 Å². The van der Waals surface area contributed by atoms with Crippen molar-refractivity contribution in [3.63, 3.8) is 0 Å². The van der Waals surface area contributed by atoms with E-state index in [1.807, 2.05) is 61.5 Å². The number of nitrogens with one attached hydrogen (secondary N) is 1. The van der Waals surface area contributed by atoms with Crippen LogP contribution < -0.4 is 5.32 Å². The maximum Gasteiger partial charge on any atom is 0.255 e. The van der Waals surface area contributed by atoms with Crippen LogP contribution in [0.4, 0.5) is 5.69 Å². The molecule has 0 unspecified atom stereocenters. The van der Waals surface area contributed by atoms with Gasteiger partial charge in [0.2, 0.25) is 0 Å². The maximum absolute atomic E-state index is 12.7. The molecule has 0 aliphatic heterocycles. The van der Waals surface area contributed by atoms with E-state index in [9.17, 15) is 4.79 Å². The van der Waals surface area contributed by atoms with Gasteiger partial charge < -0.3 is 5.32 Å². The highest BCUT2D eigenvalue weighted by Gasteiger charge is 2.12. The van der Waals surface area contributed by atoms with E-state index in [-0.39, 0.29) is 5.91 Å². The second kappa shape index (κ2) is 7.33. The molecule has 0 fully saturated rings. The molecule has 120 valence electrons. The summed E-state index contributed by atoms with van der Waals surface area (Å²) in [5.74, 6) is -0.119. The van der Waals surface area contributed by atoms with Gasteiger partial charge in [0.15, 0.2) is 0 Å². The third kappa shape index (κ3) is 3.84. The minimum absolute atomic E-state index is 0.119. The summed E-state index contributed by atoms with van der Waals surface area (Å²) in [7, 11) is 0. The molecule has 0 bridgehead atoms. The number of hydrogen-bond acceptors (Lipinski definition) is 1. The Bertz CT molecular complexity index is 859. The fraction of sp³-hybridized carbons (Fsp3) is 0.0952. The van der Waals surface area contributed by atoms with Crippen molar-refractivity contribution in [1.29, 1.82) is 0 Å². The van der Waals surface area contributed by atoms with Crippen molar-refractivity contribution in [1.82, 2.24) is 0 Å². The van der Waals surface area contributed by atoms with E-state index in [4.69, 9.17) is 11.6 Å². The molecule has 0 aliphatic carbocycles. The van der Waals surface area contributed by atoms with Crippen LogP contribution in [0.3, 0.4) is 0 Å². The van der Waals surface area contributed by atoms with E-state index >= 15 is 0 Å². The van der Waals surface area contributed by atoms with Crippen molar-refractivity contribution >= 4 is 23.2 Å². The van der Waals surface area contributed by atoms with Crippen molar-refractivity contribution in [2.45, 2.75) is 13.3 Å². The molecule has 0 aromatic heterocycles. The summed E-state index contributed by atoms with van der Waals surface area (Å²) < 4.78 is 0. The van der Waals surface area contributed by atoms with Crippen LogP contribution in [-0.2, 0) is 6.42 Å². The van der Waals surface area contributed by atoms with Crippen molar-refractivity contribution in [2.75, 3.05) is 5.32 Å². The number of hydrogen-bond donors (Lipinski definition) is 1. The molecule has 24 heavy (non-hydrogen) atoms. The summed E-state index contributed by atoms with van der Waals surface area (Å²) in [6.07, 6.45) is 0.721. The zero-order valence-electron chi connectivity index (χ0n) is 13.4. The van der Waals surface area contributed by atoms with Crippen LogP contribution >= 0.6 is 11.6 Å². The predicted octanol–water partition coefficient (Wildman–Crippen LogP) is 5.49. The molecule has 2 nitrogen and oxygen atoms in total. The number of carbonyl (C=O) groups excluding carboxylic acids is 1. The second-order valence-corrected chi connectivity index (χ2v) is 6.17. The van der Waals surface area contributed by atoms with Crippen molar-refractivity contribution in [3.05, 3.63) is 100 Å². The normalized spacial score (nSPS) is 10.4. The zero-order valence-corrected chi connectivity index (χ0v) is 14.2. The number of amides is 1. The Morgan fingerprint density at radius 3 is 2.46 bits per heavy atom. The summed E-state index contributed by atoms with van der Waals surface area (Å²) >= 11 is 6.03. The Hall–Kier alpha value is -2.58. The van der Waals surface area contributed by atoms with Gasteiger partial charge in [0.25, 0.3) is 5.91 Å². The van der Waals surface area contributed by atoms with Gasteiger partial charge in [-0.15, -0.1) is 0 Å². The standard InChI is InChI=1S/C21H18ClNO/c1-15-11-12-18(22)14-20(15)23-21(24)19-10-6-5-9-17(19)13-16-7-3-2-4-8-16/h2-12,14H,13H2,1H3,(H,23,24).